The zero-order chi connectivity index (χ0) is 12.3. The largest absolute Gasteiger partial charge is 0.311 e. The van der Waals surface area contributed by atoms with Crippen molar-refractivity contribution in [1.82, 2.24) is 10.3 Å². The van der Waals surface area contributed by atoms with Crippen molar-refractivity contribution < 1.29 is 0 Å². The second kappa shape index (κ2) is 7.10. The molecule has 0 aliphatic carbocycles. The Labute approximate surface area is 123 Å². The zero-order valence-electron chi connectivity index (χ0n) is 10.4. The molecule has 0 saturated carbocycles. The van der Waals surface area contributed by atoms with Crippen LogP contribution in [-0.4, -0.2) is 11.5 Å². The molecule has 5 heteroatoms. The molecule has 1 heterocycles. The van der Waals surface area contributed by atoms with Crippen LogP contribution in [0.1, 0.15) is 16.8 Å². The molecule has 2 nitrogen and oxygen atoms in total. The smallest absolute Gasteiger partial charge is 0.107 e. The van der Waals surface area contributed by atoms with Crippen LogP contribution in [-0.2, 0) is 6.54 Å². The molecule has 1 aromatic heterocycles. The van der Waals surface area contributed by atoms with Gasteiger partial charge in [0.1, 0.15) is 5.01 Å². The van der Waals surface area contributed by atoms with Crippen molar-refractivity contribution in [3.63, 3.8) is 0 Å². The number of hydrogen-bond donors (Lipinski definition) is 1. The molecule has 0 saturated heterocycles. The third kappa shape index (κ3) is 3.69. The van der Waals surface area contributed by atoms with E-state index < -0.39 is 0 Å². The van der Waals surface area contributed by atoms with Crippen molar-refractivity contribution >= 4 is 35.3 Å². The molecule has 0 fully saturated rings. The van der Waals surface area contributed by atoms with Gasteiger partial charge in [0.25, 0.3) is 0 Å². The summed E-state index contributed by atoms with van der Waals surface area (Å²) in [7, 11) is 0. The number of hydrogen-bond acceptors (Lipinski definition) is 3. The number of nitrogens with one attached hydrogen (secondary N) is 1. The zero-order valence-corrected chi connectivity index (χ0v) is 12.8. The Morgan fingerprint density at radius 1 is 1.28 bits per heavy atom. The fraction of sp³-hybridized carbons (Fsp3) is 0.308. The van der Waals surface area contributed by atoms with Gasteiger partial charge in [-0.15, -0.1) is 23.7 Å². The lowest BCUT2D eigenvalue weighted by Gasteiger charge is -1.98. The lowest BCUT2D eigenvalue weighted by atomic mass is 10.1. The molecular formula is C13H16Cl2N2S. The van der Waals surface area contributed by atoms with Crippen LogP contribution in [0.15, 0.2) is 24.3 Å². The molecule has 0 aliphatic rings. The Balaban J connectivity index is 0.00000162. The first kappa shape index (κ1) is 15.4. The number of nitrogens with zero attached hydrogens (tertiary/aromatic N) is 1. The molecule has 1 N–H and O–H groups in total. The summed E-state index contributed by atoms with van der Waals surface area (Å²) in [4.78, 5) is 5.91. The summed E-state index contributed by atoms with van der Waals surface area (Å²) in [5.74, 6) is 0. The van der Waals surface area contributed by atoms with Crippen LogP contribution in [0.25, 0.3) is 11.3 Å². The van der Waals surface area contributed by atoms with Crippen molar-refractivity contribution in [2.24, 2.45) is 0 Å². The maximum absolute atomic E-state index is 5.88. The van der Waals surface area contributed by atoms with Crippen molar-refractivity contribution in [3.8, 4) is 11.3 Å². The number of aryl methyl sites for hydroxylation is 1. The quantitative estimate of drug-likeness (QED) is 0.910. The van der Waals surface area contributed by atoms with Crippen LogP contribution < -0.4 is 5.32 Å². The highest BCUT2D eigenvalue weighted by Crippen LogP contribution is 2.28. The topological polar surface area (TPSA) is 24.9 Å². The van der Waals surface area contributed by atoms with Gasteiger partial charge in [-0.05, 0) is 25.6 Å². The summed E-state index contributed by atoms with van der Waals surface area (Å²) < 4.78 is 0. The number of benzene rings is 1. The number of rotatable bonds is 4. The first-order chi connectivity index (χ1) is 8.20. The molecule has 0 bridgehead atoms. The molecule has 0 amide bonds. The van der Waals surface area contributed by atoms with Crippen molar-refractivity contribution in [2.75, 3.05) is 6.54 Å². The van der Waals surface area contributed by atoms with Crippen molar-refractivity contribution in [3.05, 3.63) is 39.2 Å². The maximum atomic E-state index is 5.88. The van der Waals surface area contributed by atoms with E-state index in [2.05, 4.69) is 24.1 Å². The standard InChI is InChI=1S/C13H15ClN2S.ClH/c1-3-15-8-12-16-13(9(2)17-12)10-4-6-11(14)7-5-10;/h4-7,15H,3,8H2,1-2H3;1H. The van der Waals surface area contributed by atoms with Crippen LogP contribution in [0.5, 0.6) is 0 Å². The normalized spacial score (nSPS) is 10.2. The minimum absolute atomic E-state index is 0. The van der Waals surface area contributed by atoms with Gasteiger partial charge in [-0.3, -0.25) is 0 Å². The Kier molecular flexibility index (Phi) is 6.09. The van der Waals surface area contributed by atoms with Crippen LogP contribution in [0.2, 0.25) is 5.02 Å². The van der Waals surface area contributed by atoms with Crippen LogP contribution in [0.4, 0.5) is 0 Å². The van der Waals surface area contributed by atoms with E-state index in [1.807, 2.05) is 24.3 Å². The fourth-order valence-corrected chi connectivity index (χ4v) is 2.69. The van der Waals surface area contributed by atoms with Gasteiger partial charge in [-0.1, -0.05) is 30.7 Å². The number of halogens is 2. The summed E-state index contributed by atoms with van der Waals surface area (Å²) in [6, 6.07) is 7.84. The second-order valence-corrected chi connectivity index (χ2v) is 5.52. The van der Waals surface area contributed by atoms with Gasteiger partial charge in [-0.2, -0.15) is 0 Å². The summed E-state index contributed by atoms with van der Waals surface area (Å²) in [6.07, 6.45) is 0. The molecular weight excluding hydrogens is 287 g/mol. The van der Waals surface area contributed by atoms with Crippen LogP contribution >= 0.6 is 35.3 Å². The van der Waals surface area contributed by atoms with Crippen molar-refractivity contribution in [1.29, 1.82) is 0 Å². The molecule has 0 unspecified atom stereocenters. The Hall–Kier alpha value is -0.610. The highest BCUT2D eigenvalue weighted by Gasteiger charge is 2.09. The highest BCUT2D eigenvalue weighted by molar-refractivity contribution is 7.12. The summed E-state index contributed by atoms with van der Waals surface area (Å²) in [6.45, 7) is 6.02. The van der Waals surface area contributed by atoms with E-state index in [9.17, 15) is 0 Å². The Morgan fingerprint density at radius 2 is 1.94 bits per heavy atom. The van der Waals surface area contributed by atoms with Crippen molar-refractivity contribution in [2.45, 2.75) is 20.4 Å². The number of aromatic nitrogens is 1. The molecule has 2 rings (SSSR count). The minimum atomic E-state index is 0. The maximum Gasteiger partial charge on any atom is 0.107 e. The Morgan fingerprint density at radius 3 is 2.56 bits per heavy atom. The van der Waals surface area contributed by atoms with Crippen LogP contribution in [0, 0.1) is 6.92 Å². The Bertz CT molecular complexity index is 494. The molecule has 0 radical (unpaired) electrons. The van der Waals surface area contributed by atoms with E-state index in [4.69, 9.17) is 11.6 Å². The molecule has 0 spiro atoms. The lowest BCUT2D eigenvalue weighted by Crippen LogP contribution is -2.11. The third-order valence-electron chi connectivity index (χ3n) is 2.48. The predicted octanol–water partition coefficient (Wildman–Crippen LogP) is 4.30. The van der Waals surface area contributed by atoms with Gasteiger partial charge in [0.2, 0.25) is 0 Å². The number of thiazole rings is 1. The molecule has 2 aromatic rings. The van der Waals surface area contributed by atoms with Crippen LogP contribution in [0.3, 0.4) is 0 Å². The van der Waals surface area contributed by atoms with Gasteiger partial charge in [0.15, 0.2) is 0 Å². The third-order valence-corrected chi connectivity index (χ3v) is 3.71. The summed E-state index contributed by atoms with van der Waals surface area (Å²) in [5, 5.41) is 5.18. The highest BCUT2D eigenvalue weighted by atomic mass is 35.5. The molecule has 98 valence electrons. The molecule has 0 atom stereocenters. The van der Waals surface area contributed by atoms with E-state index in [1.165, 1.54) is 4.88 Å². The molecule has 1 aromatic carbocycles. The van der Waals surface area contributed by atoms with E-state index in [0.717, 1.165) is 34.4 Å². The average Bonchev–Trinajstić information content (AvgIpc) is 2.69. The van der Waals surface area contributed by atoms with E-state index in [0.29, 0.717) is 0 Å². The van der Waals surface area contributed by atoms with Gasteiger partial charge in [-0.25, -0.2) is 4.98 Å². The second-order valence-electron chi connectivity index (χ2n) is 3.80. The van der Waals surface area contributed by atoms with E-state index >= 15 is 0 Å². The minimum Gasteiger partial charge on any atom is -0.311 e. The molecule has 18 heavy (non-hydrogen) atoms. The van der Waals surface area contributed by atoms with Gasteiger partial charge >= 0.3 is 0 Å². The monoisotopic (exact) mass is 302 g/mol. The molecule has 0 aliphatic heterocycles. The SMILES string of the molecule is CCNCc1nc(-c2ccc(Cl)cc2)c(C)s1.Cl. The van der Waals surface area contributed by atoms with Gasteiger partial charge in [0.05, 0.1) is 5.69 Å². The first-order valence-electron chi connectivity index (χ1n) is 5.63. The lowest BCUT2D eigenvalue weighted by molar-refractivity contribution is 0.723. The van der Waals surface area contributed by atoms with Gasteiger partial charge in [0, 0.05) is 22.0 Å². The summed E-state index contributed by atoms with van der Waals surface area (Å²) >= 11 is 7.63. The summed E-state index contributed by atoms with van der Waals surface area (Å²) in [5.41, 5.74) is 2.20. The van der Waals surface area contributed by atoms with E-state index in [-0.39, 0.29) is 12.4 Å². The average molecular weight is 303 g/mol. The fourth-order valence-electron chi connectivity index (χ4n) is 1.63. The van der Waals surface area contributed by atoms with E-state index in [1.54, 1.807) is 11.3 Å². The predicted molar refractivity (Wildman–Crippen MR) is 81.9 cm³/mol. The first-order valence-corrected chi connectivity index (χ1v) is 6.83. The van der Waals surface area contributed by atoms with Gasteiger partial charge < -0.3 is 5.32 Å².